The van der Waals surface area contributed by atoms with Gasteiger partial charge in [-0.2, -0.15) is 0 Å². The van der Waals surface area contributed by atoms with Gasteiger partial charge in [0.25, 0.3) is 0 Å². The molecule has 0 nitrogen and oxygen atoms in total. The summed E-state index contributed by atoms with van der Waals surface area (Å²) < 4.78 is 1.33. The van der Waals surface area contributed by atoms with Crippen LogP contribution in [0.4, 0.5) is 0 Å². The predicted octanol–water partition coefficient (Wildman–Crippen LogP) is 9.14. The van der Waals surface area contributed by atoms with Crippen molar-refractivity contribution < 1.29 is 0 Å². The molecule has 0 aliphatic carbocycles. The highest BCUT2D eigenvalue weighted by atomic mass is 127. The first kappa shape index (κ1) is 18.3. The first-order valence-electron chi connectivity index (χ1n) is 8.88. The van der Waals surface area contributed by atoms with Gasteiger partial charge in [-0.3, -0.25) is 0 Å². The maximum absolute atomic E-state index is 2.39. The van der Waals surface area contributed by atoms with Crippen LogP contribution in [0.15, 0.2) is 91.0 Å². The molecule has 0 unspecified atom stereocenters. The first-order chi connectivity index (χ1) is 13.8. The lowest BCUT2D eigenvalue weighted by atomic mass is 10.0. The molecule has 2 aromatic carbocycles. The van der Waals surface area contributed by atoms with Gasteiger partial charge in [0.15, 0.2) is 0 Å². The van der Waals surface area contributed by atoms with Gasteiger partial charge >= 0.3 is 0 Å². The Hall–Kier alpha value is -1.73. The molecule has 0 atom stereocenters. The zero-order valence-electron chi connectivity index (χ0n) is 14.8. The summed E-state index contributed by atoms with van der Waals surface area (Å²) in [6, 6.07) is 32.8. The molecule has 0 fully saturated rings. The molecule has 0 radical (unpaired) electrons. The average Bonchev–Trinajstić information content (AvgIpc) is 3.49. The zero-order valence-corrected chi connectivity index (χ0v) is 19.4. The summed E-state index contributed by atoms with van der Waals surface area (Å²) in [5, 5.41) is 0. The van der Waals surface area contributed by atoms with Crippen molar-refractivity contribution in [3.05, 3.63) is 93.9 Å². The van der Waals surface area contributed by atoms with E-state index in [-0.39, 0.29) is 0 Å². The van der Waals surface area contributed by atoms with Gasteiger partial charge in [-0.1, -0.05) is 54.6 Å². The van der Waals surface area contributed by atoms with Crippen molar-refractivity contribution in [1.29, 1.82) is 0 Å². The molecule has 0 aliphatic heterocycles. The molecule has 0 amide bonds. The number of hydrogen-bond acceptors (Lipinski definition) is 3. The maximum Gasteiger partial charge on any atom is 0.0660 e. The number of hydrogen-bond donors (Lipinski definition) is 0. The molecule has 0 N–H and O–H groups in total. The predicted molar refractivity (Wildman–Crippen MR) is 135 cm³/mol. The largest absolute Gasteiger partial charge is 0.134 e. The third-order valence-corrected chi connectivity index (χ3v) is 9.05. The first-order valence-corrected chi connectivity index (χ1v) is 12.4. The Kier molecular flexibility index (Phi) is 5.20. The molecule has 0 bridgehead atoms. The smallest absolute Gasteiger partial charge is 0.0660 e. The van der Waals surface area contributed by atoms with Crippen LogP contribution in [-0.4, -0.2) is 0 Å². The molecule has 0 spiro atoms. The van der Waals surface area contributed by atoms with Gasteiger partial charge in [0.05, 0.1) is 2.88 Å². The minimum Gasteiger partial charge on any atom is -0.134 e. The van der Waals surface area contributed by atoms with Crippen LogP contribution >= 0.6 is 56.6 Å². The molecule has 0 saturated carbocycles. The topological polar surface area (TPSA) is 0 Å². The van der Waals surface area contributed by atoms with Gasteiger partial charge in [0.2, 0.25) is 0 Å². The SMILES string of the molecule is Ic1ccc(-c2ccc(-c3ccc(-c4ccc(-c5ccccc5)cc4)s3)s2)s1. The molecular formula is C24H15IS3. The van der Waals surface area contributed by atoms with Crippen LogP contribution in [0.5, 0.6) is 0 Å². The van der Waals surface area contributed by atoms with E-state index in [1.807, 2.05) is 34.0 Å². The Morgan fingerprint density at radius 1 is 0.393 bits per heavy atom. The normalized spacial score (nSPS) is 11.0. The van der Waals surface area contributed by atoms with Gasteiger partial charge < -0.3 is 0 Å². The van der Waals surface area contributed by atoms with Crippen LogP contribution in [0.2, 0.25) is 0 Å². The highest BCUT2D eigenvalue weighted by molar-refractivity contribution is 14.1. The molecule has 28 heavy (non-hydrogen) atoms. The van der Waals surface area contributed by atoms with Crippen molar-refractivity contribution in [3.63, 3.8) is 0 Å². The Bertz CT molecular complexity index is 1210. The lowest BCUT2D eigenvalue weighted by Crippen LogP contribution is -1.77. The van der Waals surface area contributed by atoms with Gasteiger partial charge in [-0.15, -0.1) is 34.0 Å². The van der Waals surface area contributed by atoms with Crippen molar-refractivity contribution in [1.82, 2.24) is 0 Å². The fraction of sp³-hybridized carbons (Fsp3) is 0. The Labute approximate surface area is 190 Å². The molecule has 5 aromatic rings. The van der Waals surface area contributed by atoms with Crippen molar-refractivity contribution >= 4 is 56.6 Å². The Morgan fingerprint density at radius 2 is 0.857 bits per heavy atom. The van der Waals surface area contributed by atoms with Crippen molar-refractivity contribution in [2.24, 2.45) is 0 Å². The second-order valence-electron chi connectivity index (χ2n) is 6.37. The molecule has 4 heteroatoms. The lowest BCUT2D eigenvalue weighted by Gasteiger charge is -2.03. The van der Waals surface area contributed by atoms with E-state index < -0.39 is 0 Å². The van der Waals surface area contributed by atoms with Crippen LogP contribution in [-0.2, 0) is 0 Å². The fourth-order valence-corrected chi connectivity index (χ4v) is 6.95. The monoisotopic (exact) mass is 526 g/mol. The van der Waals surface area contributed by atoms with E-state index in [1.54, 1.807) is 0 Å². The van der Waals surface area contributed by atoms with Gasteiger partial charge in [-0.05, 0) is 75.7 Å². The third-order valence-electron chi connectivity index (χ3n) is 4.55. The number of benzene rings is 2. The Balaban J connectivity index is 1.40. The molecule has 3 aromatic heterocycles. The second-order valence-corrected chi connectivity index (χ2v) is 11.5. The van der Waals surface area contributed by atoms with Crippen molar-refractivity contribution in [3.8, 4) is 41.1 Å². The molecule has 3 heterocycles. The van der Waals surface area contributed by atoms with Crippen molar-refractivity contribution in [2.45, 2.75) is 0 Å². The number of rotatable bonds is 4. The van der Waals surface area contributed by atoms with Crippen LogP contribution in [0.1, 0.15) is 0 Å². The van der Waals surface area contributed by atoms with E-state index in [4.69, 9.17) is 0 Å². The van der Waals surface area contributed by atoms with E-state index in [0.717, 1.165) is 0 Å². The molecule has 0 aliphatic rings. The summed E-state index contributed by atoms with van der Waals surface area (Å²) in [6.07, 6.45) is 0. The lowest BCUT2D eigenvalue weighted by molar-refractivity contribution is 1.62. The van der Waals surface area contributed by atoms with Crippen LogP contribution in [0.3, 0.4) is 0 Å². The van der Waals surface area contributed by atoms with E-state index >= 15 is 0 Å². The van der Waals surface area contributed by atoms with E-state index in [2.05, 4.69) is 114 Å². The zero-order chi connectivity index (χ0) is 18.9. The molecule has 5 rings (SSSR count). The summed E-state index contributed by atoms with van der Waals surface area (Å²) in [7, 11) is 0. The van der Waals surface area contributed by atoms with Crippen LogP contribution in [0, 0.1) is 2.88 Å². The van der Waals surface area contributed by atoms with E-state index in [1.165, 1.54) is 44.0 Å². The number of thiophene rings is 3. The quantitative estimate of drug-likeness (QED) is 0.205. The van der Waals surface area contributed by atoms with E-state index in [0.29, 0.717) is 0 Å². The summed E-state index contributed by atoms with van der Waals surface area (Å²) in [5.74, 6) is 0. The number of halogens is 1. The summed E-state index contributed by atoms with van der Waals surface area (Å²) in [6.45, 7) is 0. The van der Waals surface area contributed by atoms with Gasteiger partial charge in [-0.25, -0.2) is 0 Å². The summed E-state index contributed by atoms with van der Waals surface area (Å²) >= 11 is 7.98. The molecule has 0 saturated heterocycles. The highest BCUT2D eigenvalue weighted by Crippen LogP contribution is 2.42. The van der Waals surface area contributed by atoms with Crippen LogP contribution in [0.25, 0.3) is 41.1 Å². The molecular weight excluding hydrogens is 511 g/mol. The van der Waals surface area contributed by atoms with E-state index in [9.17, 15) is 0 Å². The summed E-state index contributed by atoms with van der Waals surface area (Å²) in [5.41, 5.74) is 3.80. The molecule has 136 valence electrons. The Morgan fingerprint density at radius 3 is 1.46 bits per heavy atom. The summed E-state index contributed by atoms with van der Waals surface area (Å²) in [4.78, 5) is 6.70. The average molecular weight is 526 g/mol. The third kappa shape index (κ3) is 3.74. The van der Waals surface area contributed by atoms with Gasteiger partial charge in [0, 0.05) is 24.4 Å². The second kappa shape index (κ2) is 7.95. The van der Waals surface area contributed by atoms with Gasteiger partial charge in [0.1, 0.15) is 0 Å². The highest BCUT2D eigenvalue weighted by Gasteiger charge is 2.10. The van der Waals surface area contributed by atoms with Crippen LogP contribution < -0.4 is 0 Å². The minimum atomic E-state index is 1.26. The van der Waals surface area contributed by atoms with Crippen molar-refractivity contribution in [2.75, 3.05) is 0 Å². The maximum atomic E-state index is 2.39. The minimum absolute atomic E-state index is 1.26. The fourth-order valence-electron chi connectivity index (χ4n) is 3.13. The standard InChI is InChI=1S/C24H15IS3/c25-24-15-14-23(28-24)22-13-12-21(27-22)20-11-10-19(26-20)18-8-6-17(7-9-18)16-4-2-1-3-5-16/h1-15H.